The van der Waals surface area contributed by atoms with Crippen LogP contribution in [0.4, 0.5) is 0 Å². The summed E-state index contributed by atoms with van der Waals surface area (Å²) >= 11 is 0. The molecule has 0 aromatic heterocycles. The molecule has 0 fully saturated rings. The Balaban J connectivity index is 3.93. The van der Waals surface area contributed by atoms with Crippen molar-refractivity contribution >= 4 is 5.97 Å². The summed E-state index contributed by atoms with van der Waals surface area (Å²) in [5.74, 6) is -1.43. The second-order valence-electron chi connectivity index (χ2n) is 3.01. The third-order valence-corrected chi connectivity index (χ3v) is 1.50. The van der Waals surface area contributed by atoms with Gasteiger partial charge in [-0.05, 0) is 0 Å². The lowest BCUT2D eigenvalue weighted by molar-refractivity contribution is -0.201. The van der Waals surface area contributed by atoms with Crippen LogP contribution in [0.2, 0.25) is 0 Å². The van der Waals surface area contributed by atoms with Gasteiger partial charge in [0.15, 0.2) is 0 Å². The van der Waals surface area contributed by atoms with Crippen molar-refractivity contribution in [3.63, 3.8) is 0 Å². The van der Waals surface area contributed by atoms with Crippen LogP contribution in [0, 0.1) is 0 Å². The van der Waals surface area contributed by atoms with Crippen LogP contribution in [-0.4, -0.2) is 76.4 Å². The van der Waals surface area contributed by atoms with Crippen molar-refractivity contribution in [2.45, 2.75) is 18.5 Å². The Morgan fingerprint density at radius 3 is 1.62 bits per heavy atom. The molecule has 2 unspecified atom stereocenters. The van der Waals surface area contributed by atoms with E-state index in [9.17, 15) is 4.79 Å². The normalized spacial score (nSPS) is 16.8. The molecule has 5 N–H and O–H groups in total. The molecule has 0 saturated carbocycles. The minimum absolute atomic E-state index is 0.414. The molecule has 96 valence electrons. The molecule has 0 radical (unpaired) electrons. The van der Waals surface area contributed by atoms with E-state index in [0.717, 1.165) is 0 Å². The summed E-state index contributed by atoms with van der Waals surface area (Å²) in [6.45, 7) is -1.96. The lowest BCUT2D eigenvalue weighted by Gasteiger charge is -2.17. The third-order valence-electron chi connectivity index (χ3n) is 1.50. The first-order valence-electron chi connectivity index (χ1n) is 4.55. The fourth-order valence-electron chi connectivity index (χ4n) is 0.693. The molecule has 0 aromatic rings. The fraction of sp³-hybridized carbons (Fsp3) is 0.875. The Bertz CT molecular complexity index is 182. The smallest absolute Gasteiger partial charge is 0.361 e. The second-order valence-corrected chi connectivity index (χ2v) is 3.01. The minimum atomic E-state index is -1.66. The molecule has 0 amide bonds. The number of ether oxygens (including phenoxy) is 2. The predicted octanol–water partition coefficient (Wildman–Crippen LogP) is -2.86. The summed E-state index contributed by atoms with van der Waals surface area (Å²) in [7, 11) is 0. The number of rotatable bonds is 9. The molecule has 0 aliphatic rings. The van der Waals surface area contributed by atoms with Gasteiger partial charge in [-0.15, -0.1) is 0 Å². The van der Waals surface area contributed by atoms with Crippen molar-refractivity contribution < 1.29 is 39.8 Å². The zero-order valence-electron chi connectivity index (χ0n) is 8.52. The SMILES string of the molecule is O=C(O)C(OCC(O)CO)OCC(O)CO. The average Bonchev–Trinajstić information content (AvgIpc) is 2.27. The van der Waals surface area contributed by atoms with Crippen LogP contribution in [0.25, 0.3) is 0 Å². The van der Waals surface area contributed by atoms with Crippen molar-refractivity contribution in [3.8, 4) is 0 Å². The minimum Gasteiger partial charge on any atom is -0.477 e. The molecule has 0 rings (SSSR count). The average molecular weight is 240 g/mol. The molecular weight excluding hydrogens is 224 g/mol. The van der Waals surface area contributed by atoms with Gasteiger partial charge in [-0.2, -0.15) is 0 Å². The van der Waals surface area contributed by atoms with Crippen molar-refractivity contribution in [2.75, 3.05) is 26.4 Å². The highest BCUT2D eigenvalue weighted by atomic mass is 16.7. The van der Waals surface area contributed by atoms with E-state index in [-0.39, 0.29) is 0 Å². The Labute approximate surface area is 91.7 Å². The first kappa shape index (κ1) is 15.2. The van der Waals surface area contributed by atoms with Gasteiger partial charge in [-0.25, -0.2) is 4.79 Å². The van der Waals surface area contributed by atoms with Gasteiger partial charge in [-0.3, -0.25) is 0 Å². The number of aliphatic carboxylic acids is 1. The molecule has 0 heterocycles. The summed E-state index contributed by atoms with van der Waals surface area (Å²) in [6.07, 6.45) is -4.07. The van der Waals surface area contributed by atoms with Gasteiger partial charge < -0.3 is 35.0 Å². The molecule has 16 heavy (non-hydrogen) atoms. The maximum absolute atomic E-state index is 10.6. The maximum atomic E-state index is 10.6. The number of aliphatic hydroxyl groups is 4. The van der Waals surface area contributed by atoms with E-state index in [1.165, 1.54) is 0 Å². The van der Waals surface area contributed by atoms with Crippen LogP contribution in [0.5, 0.6) is 0 Å². The van der Waals surface area contributed by atoms with Crippen molar-refractivity contribution in [1.82, 2.24) is 0 Å². The van der Waals surface area contributed by atoms with Gasteiger partial charge in [-0.1, -0.05) is 0 Å². The van der Waals surface area contributed by atoms with Crippen molar-refractivity contribution in [3.05, 3.63) is 0 Å². The monoisotopic (exact) mass is 240 g/mol. The van der Waals surface area contributed by atoms with Gasteiger partial charge >= 0.3 is 5.97 Å². The quantitative estimate of drug-likeness (QED) is 0.271. The highest BCUT2D eigenvalue weighted by molar-refractivity contribution is 5.70. The third kappa shape index (κ3) is 6.67. The molecule has 0 aliphatic carbocycles. The summed E-state index contributed by atoms with van der Waals surface area (Å²) in [4.78, 5) is 10.6. The first-order valence-corrected chi connectivity index (χ1v) is 4.55. The molecule has 0 aliphatic heterocycles. The number of hydrogen-bond donors (Lipinski definition) is 5. The summed E-state index contributed by atoms with van der Waals surface area (Å²) in [5.41, 5.74) is 0. The lowest BCUT2D eigenvalue weighted by Crippen LogP contribution is -2.34. The van der Waals surface area contributed by atoms with Gasteiger partial charge in [0.1, 0.15) is 12.2 Å². The summed E-state index contributed by atoms with van der Waals surface area (Å²) < 4.78 is 9.25. The number of carboxylic acids is 1. The Hall–Kier alpha value is -0.770. The topological polar surface area (TPSA) is 137 Å². The van der Waals surface area contributed by atoms with Crippen LogP contribution in [0.1, 0.15) is 0 Å². The van der Waals surface area contributed by atoms with E-state index in [1.807, 2.05) is 0 Å². The van der Waals surface area contributed by atoms with E-state index in [1.54, 1.807) is 0 Å². The van der Waals surface area contributed by atoms with Crippen LogP contribution in [0.15, 0.2) is 0 Å². The van der Waals surface area contributed by atoms with Crippen molar-refractivity contribution in [2.24, 2.45) is 0 Å². The fourth-order valence-corrected chi connectivity index (χ4v) is 0.693. The van der Waals surface area contributed by atoms with Gasteiger partial charge in [0, 0.05) is 0 Å². The van der Waals surface area contributed by atoms with E-state index in [0.29, 0.717) is 0 Å². The van der Waals surface area contributed by atoms with Gasteiger partial charge in [0.2, 0.25) is 0 Å². The maximum Gasteiger partial charge on any atom is 0.361 e. The van der Waals surface area contributed by atoms with E-state index < -0.39 is 50.9 Å². The number of carboxylic acid groups (broad SMARTS) is 1. The first-order chi connectivity index (χ1) is 7.51. The number of aliphatic hydroxyl groups excluding tert-OH is 4. The zero-order valence-corrected chi connectivity index (χ0v) is 8.52. The molecule has 8 nitrogen and oxygen atoms in total. The molecule has 0 bridgehead atoms. The van der Waals surface area contributed by atoms with E-state index >= 15 is 0 Å². The summed E-state index contributed by atoms with van der Waals surface area (Å²) in [6, 6.07) is 0. The number of carbonyl (C=O) groups is 1. The zero-order chi connectivity index (χ0) is 12.6. The highest BCUT2D eigenvalue weighted by Crippen LogP contribution is 1.99. The summed E-state index contributed by atoms with van der Waals surface area (Å²) in [5, 5.41) is 43.3. The van der Waals surface area contributed by atoms with Gasteiger partial charge in [0.05, 0.1) is 26.4 Å². The molecule has 0 saturated heterocycles. The van der Waals surface area contributed by atoms with Crippen LogP contribution in [0.3, 0.4) is 0 Å². The highest BCUT2D eigenvalue weighted by Gasteiger charge is 2.21. The number of hydrogen-bond acceptors (Lipinski definition) is 7. The molecular formula is C8H16O8. The lowest BCUT2D eigenvalue weighted by atomic mass is 10.4. The standard InChI is InChI=1S/C8H16O8/c9-1-5(11)3-15-8(7(13)14)16-4-6(12)2-10/h5-6,8-12H,1-4H2,(H,13,14). The molecule has 8 heteroatoms. The van der Waals surface area contributed by atoms with E-state index in [2.05, 4.69) is 9.47 Å². The van der Waals surface area contributed by atoms with Crippen LogP contribution < -0.4 is 0 Å². The Morgan fingerprint density at radius 1 is 1.00 bits per heavy atom. The Kier molecular flexibility index (Phi) is 7.99. The second kappa shape index (κ2) is 8.39. The molecule has 0 spiro atoms. The van der Waals surface area contributed by atoms with Crippen LogP contribution >= 0.6 is 0 Å². The Morgan fingerprint density at radius 2 is 1.38 bits per heavy atom. The van der Waals surface area contributed by atoms with Gasteiger partial charge in [0.25, 0.3) is 6.29 Å². The van der Waals surface area contributed by atoms with Crippen LogP contribution in [-0.2, 0) is 14.3 Å². The van der Waals surface area contributed by atoms with E-state index in [4.69, 9.17) is 25.5 Å². The van der Waals surface area contributed by atoms with Crippen molar-refractivity contribution in [1.29, 1.82) is 0 Å². The predicted molar refractivity (Wildman–Crippen MR) is 49.5 cm³/mol. The largest absolute Gasteiger partial charge is 0.477 e. The molecule has 2 atom stereocenters. The molecule has 0 aromatic carbocycles.